The van der Waals surface area contributed by atoms with E-state index in [2.05, 4.69) is 15.4 Å². The van der Waals surface area contributed by atoms with E-state index >= 15 is 0 Å². The molecule has 0 fully saturated rings. The lowest BCUT2D eigenvalue weighted by molar-refractivity contribution is 0.0935. The Morgan fingerprint density at radius 3 is 2.79 bits per heavy atom. The Bertz CT molecular complexity index is 1080. The Hall–Kier alpha value is -3.61. The number of ether oxygens (including phenoxy) is 1. The zero-order valence-electron chi connectivity index (χ0n) is 15.6. The monoisotopic (exact) mass is 376 g/mol. The van der Waals surface area contributed by atoms with Crippen LogP contribution >= 0.6 is 0 Å². The van der Waals surface area contributed by atoms with Crippen LogP contribution in [-0.2, 0) is 0 Å². The molecular formula is C21H20N4O3. The SMILES string of the molecule is CCOc1cccc2cc(C(C)NC(=O)c3ccc(-n4cncn4)cc3)oc12. The largest absolute Gasteiger partial charge is 0.490 e. The van der Waals surface area contributed by atoms with Gasteiger partial charge in [0.05, 0.1) is 18.3 Å². The highest BCUT2D eigenvalue weighted by Gasteiger charge is 2.17. The highest BCUT2D eigenvalue weighted by molar-refractivity contribution is 5.94. The summed E-state index contributed by atoms with van der Waals surface area (Å²) in [4.78, 5) is 16.5. The Morgan fingerprint density at radius 2 is 2.07 bits per heavy atom. The van der Waals surface area contributed by atoms with Gasteiger partial charge in [0.2, 0.25) is 0 Å². The molecule has 0 spiro atoms. The van der Waals surface area contributed by atoms with Gasteiger partial charge in [-0.1, -0.05) is 12.1 Å². The third-order valence-electron chi connectivity index (χ3n) is 4.41. The van der Waals surface area contributed by atoms with Crippen LogP contribution in [0.25, 0.3) is 16.7 Å². The molecule has 1 N–H and O–H groups in total. The van der Waals surface area contributed by atoms with Gasteiger partial charge in [-0.2, -0.15) is 5.10 Å². The summed E-state index contributed by atoms with van der Waals surface area (Å²) < 4.78 is 13.2. The van der Waals surface area contributed by atoms with Gasteiger partial charge in [-0.3, -0.25) is 4.79 Å². The predicted octanol–water partition coefficient (Wildman–Crippen LogP) is 3.90. The summed E-state index contributed by atoms with van der Waals surface area (Å²) in [5.41, 5.74) is 2.09. The van der Waals surface area contributed by atoms with Crippen LogP contribution in [0, 0.1) is 0 Å². The number of benzene rings is 2. The topological polar surface area (TPSA) is 82.2 Å². The number of hydrogen-bond donors (Lipinski definition) is 1. The molecule has 0 aliphatic carbocycles. The number of hydrogen-bond acceptors (Lipinski definition) is 5. The summed E-state index contributed by atoms with van der Waals surface area (Å²) in [6, 6.07) is 14.6. The zero-order chi connectivity index (χ0) is 19.5. The van der Waals surface area contributed by atoms with Crippen molar-refractivity contribution in [2.24, 2.45) is 0 Å². The number of carbonyl (C=O) groups is 1. The molecule has 0 aliphatic heterocycles. The first kappa shape index (κ1) is 17.8. The fraction of sp³-hybridized carbons (Fsp3) is 0.190. The average molecular weight is 376 g/mol. The number of amides is 1. The summed E-state index contributed by atoms with van der Waals surface area (Å²) >= 11 is 0. The second-order valence-corrected chi connectivity index (χ2v) is 6.34. The molecule has 0 bridgehead atoms. The lowest BCUT2D eigenvalue weighted by Gasteiger charge is -2.12. The molecule has 1 amide bonds. The van der Waals surface area contributed by atoms with Gasteiger partial charge in [0.15, 0.2) is 11.3 Å². The average Bonchev–Trinajstić information content (AvgIpc) is 3.39. The van der Waals surface area contributed by atoms with Gasteiger partial charge in [-0.25, -0.2) is 9.67 Å². The Kier molecular flexibility index (Phi) is 4.80. The number of fused-ring (bicyclic) bond motifs is 1. The molecule has 2 heterocycles. The Morgan fingerprint density at radius 1 is 1.25 bits per heavy atom. The number of para-hydroxylation sites is 1. The number of nitrogens with one attached hydrogen (secondary N) is 1. The quantitative estimate of drug-likeness (QED) is 0.552. The van der Waals surface area contributed by atoms with E-state index in [-0.39, 0.29) is 11.9 Å². The molecule has 1 unspecified atom stereocenters. The van der Waals surface area contributed by atoms with Crippen molar-refractivity contribution in [3.63, 3.8) is 0 Å². The fourth-order valence-corrected chi connectivity index (χ4v) is 3.00. The molecule has 142 valence electrons. The summed E-state index contributed by atoms with van der Waals surface area (Å²) in [5.74, 6) is 1.20. The minimum absolute atomic E-state index is 0.178. The minimum Gasteiger partial charge on any atom is -0.490 e. The molecule has 0 aliphatic rings. The van der Waals surface area contributed by atoms with E-state index in [0.29, 0.717) is 29.3 Å². The fourth-order valence-electron chi connectivity index (χ4n) is 3.00. The van der Waals surface area contributed by atoms with Gasteiger partial charge < -0.3 is 14.5 Å². The van der Waals surface area contributed by atoms with Crippen molar-refractivity contribution >= 4 is 16.9 Å². The van der Waals surface area contributed by atoms with Crippen LogP contribution < -0.4 is 10.1 Å². The summed E-state index contributed by atoms with van der Waals surface area (Å²) in [6.07, 6.45) is 3.07. The molecule has 7 nitrogen and oxygen atoms in total. The van der Waals surface area contributed by atoms with Gasteiger partial charge >= 0.3 is 0 Å². The molecule has 2 aromatic carbocycles. The van der Waals surface area contributed by atoms with Crippen molar-refractivity contribution in [1.29, 1.82) is 0 Å². The number of nitrogens with zero attached hydrogens (tertiary/aromatic N) is 3. The van der Waals surface area contributed by atoms with E-state index in [1.807, 2.05) is 50.2 Å². The van der Waals surface area contributed by atoms with E-state index in [9.17, 15) is 4.79 Å². The van der Waals surface area contributed by atoms with Crippen molar-refractivity contribution in [3.8, 4) is 11.4 Å². The lowest BCUT2D eigenvalue weighted by atomic mass is 10.1. The molecule has 2 aromatic heterocycles. The standard InChI is InChI=1S/C21H20N4O3/c1-3-27-18-6-4-5-16-11-19(28-20(16)18)14(2)24-21(26)15-7-9-17(10-8-15)25-13-22-12-23-25/h4-14H,3H2,1-2H3,(H,24,26). The van der Waals surface area contributed by atoms with Gasteiger partial charge in [0.25, 0.3) is 5.91 Å². The van der Waals surface area contributed by atoms with Crippen LogP contribution in [0.3, 0.4) is 0 Å². The molecule has 4 rings (SSSR count). The summed E-state index contributed by atoms with van der Waals surface area (Å²) in [5, 5.41) is 7.99. The molecule has 0 saturated heterocycles. The number of aromatic nitrogens is 3. The van der Waals surface area contributed by atoms with E-state index in [4.69, 9.17) is 9.15 Å². The van der Waals surface area contributed by atoms with Gasteiger partial charge in [-0.15, -0.1) is 0 Å². The van der Waals surface area contributed by atoms with Crippen molar-refractivity contribution < 1.29 is 13.9 Å². The smallest absolute Gasteiger partial charge is 0.251 e. The van der Waals surface area contributed by atoms with Crippen LogP contribution in [0.15, 0.2) is 65.6 Å². The highest BCUT2D eigenvalue weighted by atomic mass is 16.5. The third-order valence-corrected chi connectivity index (χ3v) is 4.41. The molecule has 1 atom stereocenters. The second kappa shape index (κ2) is 7.56. The van der Waals surface area contributed by atoms with Crippen molar-refractivity contribution in [3.05, 3.63) is 72.5 Å². The summed E-state index contributed by atoms with van der Waals surface area (Å²) in [7, 11) is 0. The van der Waals surface area contributed by atoms with Crippen molar-refractivity contribution in [2.75, 3.05) is 6.61 Å². The summed E-state index contributed by atoms with van der Waals surface area (Å²) in [6.45, 7) is 4.38. The number of furan rings is 1. The molecule has 28 heavy (non-hydrogen) atoms. The maximum absolute atomic E-state index is 12.6. The first-order valence-corrected chi connectivity index (χ1v) is 9.07. The van der Waals surface area contributed by atoms with Crippen LogP contribution in [0.5, 0.6) is 5.75 Å². The van der Waals surface area contributed by atoms with Crippen LogP contribution in [0.4, 0.5) is 0 Å². The minimum atomic E-state index is -0.288. The lowest BCUT2D eigenvalue weighted by Crippen LogP contribution is -2.26. The first-order chi connectivity index (χ1) is 13.7. The predicted molar refractivity (Wildman–Crippen MR) is 105 cm³/mol. The maximum Gasteiger partial charge on any atom is 0.251 e. The first-order valence-electron chi connectivity index (χ1n) is 9.07. The maximum atomic E-state index is 12.6. The van der Waals surface area contributed by atoms with E-state index < -0.39 is 0 Å². The van der Waals surface area contributed by atoms with Crippen LogP contribution in [0.1, 0.15) is 36.0 Å². The molecule has 7 heteroatoms. The van der Waals surface area contributed by atoms with Crippen LogP contribution in [-0.4, -0.2) is 27.3 Å². The van der Waals surface area contributed by atoms with E-state index in [1.165, 1.54) is 6.33 Å². The van der Waals surface area contributed by atoms with Crippen molar-refractivity contribution in [1.82, 2.24) is 20.1 Å². The molecule has 4 aromatic rings. The van der Waals surface area contributed by atoms with Gasteiger partial charge in [0, 0.05) is 10.9 Å². The number of carbonyl (C=O) groups excluding carboxylic acids is 1. The molecule has 0 radical (unpaired) electrons. The third kappa shape index (κ3) is 3.46. The van der Waals surface area contributed by atoms with E-state index in [1.54, 1.807) is 23.1 Å². The van der Waals surface area contributed by atoms with Gasteiger partial charge in [0.1, 0.15) is 18.4 Å². The number of rotatable bonds is 6. The van der Waals surface area contributed by atoms with E-state index in [0.717, 1.165) is 11.1 Å². The Balaban J connectivity index is 1.50. The normalized spacial score (nSPS) is 12.1. The van der Waals surface area contributed by atoms with Crippen LogP contribution in [0.2, 0.25) is 0 Å². The van der Waals surface area contributed by atoms with Gasteiger partial charge in [-0.05, 0) is 50.2 Å². The Labute approximate surface area is 161 Å². The highest BCUT2D eigenvalue weighted by Crippen LogP contribution is 2.31. The second-order valence-electron chi connectivity index (χ2n) is 6.34. The molecular weight excluding hydrogens is 356 g/mol. The molecule has 0 saturated carbocycles. The zero-order valence-corrected chi connectivity index (χ0v) is 15.6. The van der Waals surface area contributed by atoms with Crippen molar-refractivity contribution in [2.45, 2.75) is 19.9 Å².